The van der Waals surface area contributed by atoms with E-state index in [1.807, 2.05) is 48.5 Å². The van der Waals surface area contributed by atoms with Crippen LogP contribution in [0.1, 0.15) is 32.9 Å². The third-order valence-corrected chi connectivity index (χ3v) is 5.36. The van der Waals surface area contributed by atoms with Crippen molar-refractivity contribution >= 4 is 17.2 Å². The second-order valence-electron chi connectivity index (χ2n) is 7.34. The molecule has 0 unspecified atom stereocenters. The van der Waals surface area contributed by atoms with E-state index in [0.29, 0.717) is 25.3 Å². The van der Waals surface area contributed by atoms with Crippen molar-refractivity contribution in [3.63, 3.8) is 0 Å². The molecule has 3 heterocycles. The molecule has 0 bridgehead atoms. The molecule has 0 atom stereocenters. The molecule has 32 heavy (non-hydrogen) atoms. The Morgan fingerprint density at radius 2 is 1.72 bits per heavy atom. The van der Waals surface area contributed by atoms with E-state index < -0.39 is 0 Å². The maximum absolute atomic E-state index is 12.5. The molecule has 1 aliphatic heterocycles. The van der Waals surface area contributed by atoms with Gasteiger partial charge in [-0.3, -0.25) is 9.97 Å². The normalized spacial score (nSPS) is 13.4. The molecule has 0 saturated carbocycles. The van der Waals surface area contributed by atoms with Gasteiger partial charge in [0.1, 0.15) is 0 Å². The highest BCUT2D eigenvalue weighted by Crippen LogP contribution is 2.33. The van der Waals surface area contributed by atoms with Gasteiger partial charge in [0.2, 0.25) is 0 Å². The van der Waals surface area contributed by atoms with Crippen LogP contribution in [-0.4, -0.2) is 41.6 Å². The second-order valence-corrected chi connectivity index (χ2v) is 7.34. The van der Waals surface area contributed by atoms with Crippen LogP contribution in [0.5, 0.6) is 0 Å². The van der Waals surface area contributed by atoms with Gasteiger partial charge in [0, 0.05) is 38.2 Å². The van der Waals surface area contributed by atoms with Crippen molar-refractivity contribution < 1.29 is 14.3 Å². The zero-order chi connectivity index (χ0) is 22.3. The van der Waals surface area contributed by atoms with Crippen LogP contribution in [0.15, 0.2) is 79.1 Å². The van der Waals surface area contributed by atoms with Crippen molar-refractivity contribution in [3.05, 3.63) is 107 Å². The summed E-state index contributed by atoms with van der Waals surface area (Å²) in [6, 6.07) is 17.4. The Hall–Kier alpha value is -3.77. The summed E-state index contributed by atoms with van der Waals surface area (Å²) >= 11 is 0. The topological polar surface area (TPSA) is 64.6 Å². The minimum Gasteiger partial charge on any atom is -0.465 e. The number of hydrogen-bond donors (Lipinski definition) is 0. The summed E-state index contributed by atoms with van der Waals surface area (Å²) in [5.74, 6) is -0.362. The summed E-state index contributed by atoms with van der Waals surface area (Å²) in [7, 11) is 3.05. The van der Waals surface area contributed by atoms with Crippen LogP contribution in [0.25, 0.3) is 11.3 Å². The Balaban J connectivity index is 1.84. The van der Waals surface area contributed by atoms with Crippen LogP contribution in [-0.2, 0) is 22.6 Å². The van der Waals surface area contributed by atoms with Gasteiger partial charge in [-0.05, 0) is 41.5 Å². The smallest absolute Gasteiger partial charge is 0.338 e. The van der Waals surface area contributed by atoms with E-state index in [1.54, 1.807) is 25.6 Å². The standard InChI is InChI=1S/C26H25N3O3/c1-31-18-19-9-7-10-20(26(30)32-2)22(19)17-29-16-8-11-21(23-12-3-5-14-27-23)25(29)24-13-4-6-15-28-24/h3-15H,16-18H2,1-2H3. The monoisotopic (exact) mass is 427 g/mol. The lowest BCUT2D eigenvalue weighted by Crippen LogP contribution is -2.27. The molecule has 1 aromatic carbocycles. The predicted octanol–water partition coefficient (Wildman–Crippen LogP) is 4.35. The zero-order valence-corrected chi connectivity index (χ0v) is 18.2. The van der Waals surface area contributed by atoms with Gasteiger partial charge in [0.15, 0.2) is 0 Å². The lowest BCUT2D eigenvalue weighted by molar-refractivity contribution is 0.0598. The van der Waals surface area contributed by atoms with E-state index in [2.05, 4.69) is 27.0 Å². The highest BCUT2D eigenvalue weighted by Gasteiger charge is 2.24. The van der Waals surface area contributed by atoms with E-state index in [-0.39, 0.29) is 5.97 Å². The maximum atomic E-state index is 12.5. The number of allylic oxidation sites excluding steroid dienone is 2. The fourth-order valence-electron chi connectivity index (χ4n) is 3.92. The van der Waals surface area contributed by atoms with Gasteiger partial charge in [0.25, 0.3) is 0 Å². The first kappa shape index (κ1) is 21.5. The van der Waals surface area contributed by atoms with Crippen molar-refractivity contribution in [3.8, 4) is 0 Å². The van der Waals surface area contributed by atoms with Gasteiger partial charge >= 0.3 is 5.97 Å². The number of pyridine rings is 2. The summed E-state index contributed by atoms with van der Waals surface area (Å²) in [5.41, 5.74) is 6.04. The van der Waals surface area contributed by atoms with Crippen LogP contribution < -0.4 is 0 Å². The van der Waals surface area contributed by atoms with Crippen LogP contribution in [0.3, 0.4) is 0 Å². The van der Waals surface area contributed by atoms with E-state index in [0.717, 1.165) is 33.8 Å². The molecular formula is C26H25N3O3. The zero-order valence-electron chi connectivity index (χ0n) is 18.2. The van der Waals surface area contributed by atoms with E-state index >= 15 is 0 Å². The Morgan fingerprint density at radius 1 is 0.969 bits per heavy atom. The number of methoxy groups -OCH3 is 2. The van der Waals surface area contributed by atoms with E-state index in [4.69, 9.17) is 9.47 Å². The van der Waals surface area contributed by atoms with Gasteiger partial charge in [-0.25, -0.2) is 4.79 Å². The Labute approximate surface area is 187 Å². The molecule has 1 aliphatic rings. The molecule has 4 rings (SSSR count). The van der Waals surface area contributed by atoms with Gasteiger partial charge < -0.3 is 14.4 Å². The van der Waals surface area contributed by atoms with Gasteiger partial charge in [0.05, 0.1) is 36.4 Å². The molecule has 162 valence electrons. The van der Waals surface area contributed by atoms with Gasteiger partial charge in [-0.2, -0.15) is 0 Å². The summed E-state index contributed by atoms with van der Waals surface area (Å²) in [5, 5.41) is 0. The Kier molecular flexibility index (Phi) is 6.72. The number of carbonyl (C=O) groups is 1. The van der Waals surface area contributed by atoms with Crippen LogP contribution in [0.2, 0.25) is 0 Å². The minimum absolute atomic E-state index is 0.362. The molecule has 0 saturated heterocycles. The molecular weight excluding hydrogens is 402 g/mol. The summed E-state index contributed by atoms with van der Waals surface area (Å²) in [6.45, 7) is 1.57. The molecule has 3 aromatic rings. The Morgan fingerprint density at radius 3 is 2.38 bits per heavy atom. The number of nitrogens with zero attached hydrogens (tertiary/aromatic N) is 3. The van der Waals surface area contributed by atoms with Crippen molar-refractivity contribution in [2.45, 2.75) is 13.2 Å². The lowest BCUT2D eigenvalue weighted by Gasteiger charge is -2.32. The van der Waals surface area contributed by atoms with E-state index in [1.165, 1.54) is 7.11 Å². The molecule has 0 amide bonds. The quantitative estimate of drug-likeness (QED) is 0.523. The first-order valence-electron chi connectivity index (χ1n) is 10.4. The first-order chi connectivity index (χ1) is 15.7. The van der Waals surface area contributed by atoms with Crippen molar-refractivity contribution in [2.75, 3.05) is 20.8 Å². The van der Waals surface area contributed by atoms with Crippen molar-refractivity contribution in [1.82, 2.24) is 14.9 Å². The summed E-state index contributed by atoms with van der Waals surface area (Å²) < 4.78 is 10.5. The number of ether oxygens (including phenoxy) is 2. The number of aromatic nitrogens is 2. The average Bonchev–Trinajstić information content (AvgIpc) is 2.85. The molecule has 6 nitrogen and oxygen atoms in total. The number of hydrogen-bond acceptors (Lipinski definition) is 6. The summed E-state index contributed by atoms with van der Waals surface area (Å²) in [6.07, 6.45) is 7.76. The highest BCUT2D eigenvalue weighted by molar-refractivity contribution is 5.94. The maximum Gasteiger partial charge on any atom is 0.338 e. The van der Waals surface area contributed by atoms with Crippen LogP contribution in [0.4, 0.5) is 0 Å². The predicted molar refractivity (Wildman–Crippen MR) is 123 cm³/mol. The Bertz CT molecular complexity index is 1140. The average molecular weight is 428 g/mol. The highest BCUT2D eigenvalue weighted by atomic mass is 16.5. The van der Waals surface area contributed by atoms with Crippen molar-refractivity contribution in [2.24, 2.45) is 0 Å². The molecule has 0 N–H and O–H groups in total. The number of benzene rings is 1. The van der Waals surface area contributed by atoms with Crippen LogP contribution in [0, 0.1) is 0 Å². The van der Waals surface area contributed by atoms with E-state index in [9.17, 15) is 4.79 Å². The second kappa shape index (κ2) is 10.0. The molecule has 0 radical (unpaired) electrons. The lowest BCUT2D eigenvalue weighted by atomic mass is 9.97. The minimum atomic E-state index is -0.362. The molecule has 0 aliphatic carbocycles. The summed E-state index contributed by atoms with van der Waals surface area (Å²) in [4.78, 5) is 23.9. The van der Waals surface area contributed by atoms with Gasteiger partial charge in [-0.15, -0.1) is 0 Å². The first-order valence-corrected chi connectivity index (χ1v) is 10.4. The third kappa shape index (κ3) is 4.45. The number of carbonyl (C=O) groups excluding carboxylic acids is 1. The largest absolute Gasteiger partial charge is 0.465 e. The number of rotatable bonds is 7. The molecule has 0 spiro atoms. The van der Waals surface area contributed by atoms with Crippen molar-refractivity contribution in [1.29, 1.82) is 0 Å². The fraction of sp³-hybridized carbons (Fsp3) is 0.192. The van der Waals surface area contributed by atoms with Gasteiger partial charge in [-0.1, -0.05) is 36.4 Å². The molecule has 6 heteroatoms. The molecule has 0 fully saturated rings. The number of esters is 1. The SMILES string of the molecule is COCc1cccc(C(=O)OC)c1CN1CC=CC(c2ccccn2)=C1c1ccccn1. The molecule has 2 aromatic heterocycles. The fourth-order valence-corrected chi connectivity index (χ4v) is 3.92. The third-order valence-electron chi connectivity index (χ3n) is 5.36. The van der Waals surface area contributed by atoms with Crippen LogP contribution >= 0.6 is 0 Å².